The average Bonchev–Trinajstić information content (AvgIpc) is 2.79. The zero-order valence-corrected chi connectivity index (χ0v) is 13.2. The molecule has 0 unspecified atom stereocenters. The zero-order chi connectivity index (χ0) is 12.5. The first-order valence-electron chi connectivity index (χ1n) is 6.95. The molecule has 1 fully saturated rings. The lowest BCUT2D eigenvalue weighted by molar-refractivity contribution is 0.578. The van der Waals surface area contributed by atoms with Crippen molar-refractivity contribution in [3.05, 3.63) is 21.4 Å². The Kier molecular flexibility index (Phi) is 3.76. The molecule has 0 atom stereocenters. The highest BCUT2D eigenvalue weighted by Crippen LogP contribution is 2.37. The topological polar surface area (TPSA) is 17.3 Å². The maximum Gasteiger partial charge on any atom is 0.195 e. The number of aryl methyl sites for hydroxylation is 1. The second kappa shape index (κ2) is 5.33. The Bertz CT molecular complexity index is 535. The standard InChI is InChI=1S/C14H19BrN2S/c1-2-11-9-18-14-16-12(13(15)17(11)14)10-7-5-3-4-6-8-10/h9-10H,2-8H2,1H3. The van der Waals surface area contributed by atoms with Gasteiger partial charge >= 0.3 is 0 Å². The van der Waals surface area contributed by atoms with E-state index in [4.69, 9.17) is 4.98 Å². The third kappa shape index (κ3) is 2.14. The molecule has 0 N–H and O–H groups in total. The fraction of sp³-hybridized carbons (Fsp3) is 0.643. The molecule has 0 aromatic carbocycles. The first-order chi connectivity index (χ1) is 8.81. The highest BCUT2D eigenvalue weighted by atomic mass is 79.9. The Hall–Kier alpha value is -0.350. The van der Waals surface area contributed by atoms with Crippen LogP contribution in [-0.4, -0.2) is 9.38 Å². The number of rotatable bonds is 2. The van der Waals surface area contributed by atoms with E-state index in [2.05, 4.69) is 32.6 Å². The number of thiazole rings is 1. The maximum atomic E-state index is 4.88. The van der Waals surface area contributed by atoms with Crippen molar-refractivity contribution in [2.45, 2.75) is 57.8 Å². The molecule has 2 aromatic heterocycles. The molecule has 1 saturated carbocycles. The van der Waals surface area contributed by atoms with Crippen LogP contribution in [0.4, 0.5) is 0 Å². The summed E-state index contributed by atoms with van der Waals surface area (Å²) in [4.78, 5) is 6.03. The molecule has 4 heteroatoms. The fourth-order valence-electron chi connectivity index (χ4n) is 2.95. The van der Waals surface area contributed by atoms with Crippen molar-refractivity contribution < 1.29 is 0 Å². The molecule has 18 heavy (non-hydrogen) atoms. The van der Waals surface area contributed by atoms with E-state index < -0.39 is 0 Å². The van der Waals surface area contributed by atoms with Crippen LogP contribution in [0.15, 0.2) is 9.98 Å². The van der Waals surface area contributed by atoms with Gasteiger partial charge in [0.05, 0.1) is 5.69 Å². The summed E-state index contributed by atoms with van der Waals surface area (Å²) < 4.78 is 3.51. The molecule has 0 bridgehead atoms. The van der Waals surface area contributed by atoms with Crippen molar-refractivity contribution in [2.75, 3.05) is 0 Å². The second-order valence-corrected chi connectivity index (χ2v) is 6.76. The number of halogens is 1. The number of nitrogens with zero attached hydrogens (tertiary/aromatic N) is 2. The van der Waals surface area contributed by atoms with E-state index in [1.54, 1.807) is 11.3 Å². The summed E-state index contributed by atoms with van der Waals surface area (Å²) in [5.74, 6) is 0.665. The van der Waals surface area contributed by atoms with E-state index in [1.165, 1.54) is 54.5 Å². The SMILES string of the molecule is CCc1csc2nc(C3CCCCCC3)c(Br)n12. The Balaban J connectivity index is 2.00. The lowest BCUT2D eigenvalue weighted by Crippen LogP contribution is -1.99. The van der Waals surface area contributed by atoms with Crippen molar-refractivity contribution in [3.8, 4) is 0 Å². The van der Waals surface area contributed by atoms with E-state index in [9.17, 15) is 0 Å². The molecule has 0 amide bonds. The molecule has 1 aliphatic rings. The molecule has 1 aliphatic carbocycles. The first-order valence-corrected chi connectivity index (χ1v) is 8.62. The van der Waals surface area contributed by atoms with Crippen molar-refractivity contribution >= 4 is 32.2 Å². The molecule has 0 spiro atoms. The summed E-state index contributed by atoms with van der Waals surface area (Å²) in [5, 5.41) is 2.23. The highest BCUT2D eigenvalue weighted by molar-refractivity contribution is 9.10. The predicted molar refractivity (Wildman–Crippen MR) is 80.6 cm³/mol. The van der Waals surface area contributed by atoms with Gasteiger partial charge in [-0.2, -0.15) is 0 Å². The van der Waals surface area contributed by atoms with E-state index in [-0.39, 0.29) is 0 Å². The fourth-order valence-corrected chi connectivity index (χ4v) is 4.86. The van der Waals surface area contributed by atoms with Crippen LogP contribution in [0.5, 0.6) is 0 Å². The van der Waals surface area contributed by atoms with Crippen molar-refractivity contribution in [1.82, 2.24) is 9.38 Å². The van der Waals surface area contributed by atoms with E-state index in [1.807, 2.05) is 0 Å². The van der Waals surface area contributed by atoms with E-state index in [0.29, 0.717) is 5.92 Å². The van der Waals surface area contributed by atoms with Crippen molar-refractivity contribution in [1.29, 1.82) is 0 Å². The smallest absolute Gasteiger partial charge is 0.195 e. The van der Waals surface area contributed by atoms with Gasteiger partial charge in [-0.25, -0.2) is 4.98 Å². The van der Waals surface area contributed by atoms with E-state index >= 15 is 0 Å². The van der Waals surface area contributed by atoms with Crippen LogP contribution in [0.2, 0.25) is 0 Å². The average molecular weight is 327 g/mol. The molecule has 3 rings (SSSR count). The molecule has 0 aliphatic heterocycles. The van der Waals surface area contributed by atoms with Gasteiger partial charge in [0.25, 0.3) is 0 Å². The number of hydrogen-bond donors (Lipinski definition) is 0. The number of hydrogen-bond acceptors (Lipinski definition) is 2. The van der Waals surface area contributed by atoms with Crippen LogP contribution in [-0.2, 0) is 6.42 Å². The molecular formula is C14H19BrN2S. The Labute approximate surface area is 121 Å². The Morgan fingerprint density at radius 3 is 2.72 bits per heavy atom. The number of imidazole rings is 1. The van der Waals surface area contributed by atoms with Crippen molar-refractivity contribution in [2.24, 2.45) is 0 Å². The van der Waals surface area contributed by atoms with Crippen LogP contribution < -0.4 is 0 Å². The molecule has 2 heterocycles. The van der Waals surface area contributed by atoms with Gasteiger partial charge in [0.1, 0.15) is 4.60 Å². The second-order valence-electron chi connectivity index (χ2n) is 5.17. The first kappa shape index (κ1) is 12.7. The zero-order valence-electron chi connectivity index (χ0n) is 10.8. The van der Waals surface area contributed by atoms with Crippen LogP contribution in [0.3, 0.4) is 0 Å². The lowest BCUT2D eigenvalue weighted by Gasteiger charge is -2.11. The summed E-state index contributed by atoms with van der Waals surface area (Å²) >= 11 is 5.56. The minimum atomic E-state index is 0.665. The summed E-state index contributed by atoms with van der Waals surface area (Å²) in [6, 6.07) is 0. The molecule has 2 aromatic rings. The van der Waals surface area contributed by atoms with Crippen LogP contribution in [0, 0.1) is 0 Å². The summed E-state index contributed by atoms with van der Waals surface area (Å²) in [6.07, 6.45) is 9.22. The van der Waals surface area contributed by atoms with E-state index in [0.717, 1.165) is 11.4 Å². The molecule has 2 nitrogen and oxygen atoms in total. The highest BCUT2D eigenvalue weighted by Gasteiger charge is 2.22. The predicted octanol–water partition coefficient (Wildman–Crippen LogP) is 5.16. The number of fused-ring (bicyclic) bond motifs is 1. The van der Waals surface area contributed by atoms with Crippen LogP contribution in [0.1, 0.15) is 62.8 Å². The maximum absolute atomic E-state index is 4.88. The monoisotopic (exact) mass is 326 g/mol. The summed E-state index contributed by atoms with van der Waals surface area (Å²) in [6.45, 7) is 2.21. The number of aromatic nitrogens is 2. The van der Waals surface area contributed by atoms with Gasteiger partial charge in [0, 0.05) is 17.0 Å². The summed E-state index contributed by atoms with van der Waals surface area (Å²) in [5.41, 5.74) is 2.67. The molecule has 0 saturated heterocycles. The largest absolute Gasteiger partial charge is 0.281 e. The minimum absolute atomic E-state index is 0.665. The lowest BCUT2D eigenvalue weighted by atomic mass is 9.97. The minimum Gasteiger partial charge on any atom is -0.281 e. The van der Waals surface area contributed by atoms with Gasteiger partial charge in [-0.15, -0.1) is 11.3 Å². The van der Waals surface area contributed by atoms with Crippen LogP contribution in [0.25, 0.3) is 4.96 Å². The van der Waals surface area contributed by atoms with Gasteiger partial charge in [0.2, 0.25) is 0 Å². The van der Waals surface area contributed by atoms with Crippen LogP contribution >= 0.6 is 27.3 Å². The normalized spacial score (nSPS) is 18.3. The van der Waals surface area contributed by atoms with Gasteiger partial charge < -0.3 is 0 Å². The summed E-state index contributed by atoms with van der Waals surface area (Å²) in [7, 11) is 0. The third-order valence-corrected chi connectivity index (χ3v) is 5.64. The van der Waals surface area contributed by atoms with Gasteiger partial charge in [-0.05, 0) is 35.2 Å². The Morgan fingerprint density at radius 1 is 1.33 bits per heavy atom. The van der Waals surface area contributed by atoms with Gasteiger partial charge in [0.15, 0.2) is 4.96 Å². The quantitative estimate of drug-likeness (QED) is 0.697. The molecule has 98 valence electrons. The molecular weight excluding hydrogens is 308 g/mol. The third-order valence-electron chi connectivity index (χ3n) is 4.01. The Morgan fingerprint density at radius 2 is 2.06 bits per heavy atom. The van der Waals surface area contributed by atoms with Crippen molar-refractivity contribution in [3.63, 3.8) is 0 Å². The van der Waals surface area contributed by atoms with Gasteiger partial charge in [-0.3, -0.25) is 4.40 Å². The van der Waals surface area contributed by atoms with Gasteiger partial charge in [-0.1, -0.05) is 32.6 Å². The molecule has 0 radical (unpaired) electrons.